The van der Waals surface area contributed by atoms with Crippen molar-refractivity contribution < 1.29 is 4.74 Å². The van der Waals surface area contributed by atoms with Crippen LogP contribution in [0.2, 0.25) is 0 Å². The molecule has 3 nitrogen and oxygen atoms in total. The van der Waals surface area contributed by atoms with Crippen LogP contribution < -0.4 is 5.32 Å². The van der Waals surface area contributed by atoms with Crippen molar-refractivity contribution in [1.82, 2.24) is 10.2 Å². The lowest BCUT2D eigenvalue weighted by atomic mass is 9.86. The van der Waals surface area contributed by atoms with Crippen molar-refractivity contribution in [1.29, 1.82) is 0 Å². The van der Waals surface area contributed by atoms with Gasteiger partial charge in [0, 0.05) is 32.3 Å². The fraction of sp³-hybridized carbons (Fsp3) is 1.00. The maximum atomic E-state index is 5.58. The fourth-order valence-corrected chi connectivity index (χ4v) is 2.85. The number of hydrogen-bond donors (Lipinski definition) is 1. The Morgan fingerprint density at radius 2 is 2.16 bits per heavy atom. The fourth-order valence-electron chi connectivity index (χ4n) is 2.85. The Hall–Kier alpha value is -0.120. The molecule has 1 fully saturated rings. The molecular weight excluding hydrogens is 236 g/mol. The first-order valence-electron chi connectivity index (χ1n) is 7.95. The average molecular weight is 270 g/mol. The molecule has 2 atom stereocenters. The van der Waals surface area contributed by atoms with Crippen molar-refractivity contribution in [2.75, 3.05) is 39.9 Å². The van der Waals surface area contributed by atoms with Gasteiger partial charge in [-0.15, -0.1) is 0 Å². The second kappa shape index (κ2) is 8.23. The van der Waals surface area contributed by atoms with Crippen LogP contribution in [-0.2, 0) is 4.74 Å². The van der Waals surface area contributed by atoms with Crippen LogP contribution in [0, 0.1) is 11.3 Å². The summed E-state index contributed by atoms with van der Waals surface area (Å²) in [5, 5.41) is 3.59. The van der Waals surface area contributed by atoms with E-state index in [1.165, 1.54) is 32.4 Å². The summed E-state index contributed by atoms with van der Waals surface area (Å²) in [5.74, 6) is 0.734. The standard InChI is InChI=1S/C16H34N2O/c1-6-16(4,12-17-14(2)3)13-18(5)10-15-8-7-9-19-11-15/h14-15,17H,6-13H2,1-5H3. The summed E-state index contributed by atoms with van der Waals surface area (Å²) in [5.41, 5.74) is 0.370. The Morgan fingerprint density at radius 1 is 1.42 bits per heavy atom. The Labute approximate surface area is 120 Å². The van der Waals surface area contributed by atoms with Gasteiger partial charge >= 0.3 is 0 Å². The predicted molar refractivity (Wildman–Crippen MR) is 82.6 cm³/mol. The summed E-state index contributed by atoms with van der Waals surface area (Å²) in [4.78, 5) is 2.50. The predicted octanol–water partition coefficient (Wildman–Crippen LogP) is 2.76. The highest BCUT2D eigenvalue weighted by Gasteiger charge is 2.25. The summed E-state index contributed by atoms with van der Waals surface area (Å²) in [6, 6.07) is 0.572. The zero-order valence-electron chi connectivity index (χ0n) is 13.7. The van der Waals surface area contributed by atoms with E-state index in [2.05, 4.69) is 45.0 Å². The highest BCUT2D eigenvalue weighted by Crippen LogP contribution is 2.23. The van der Waals surface area contributed by atoms with E-state index in [4.69, 9.17) is 4.74 Å². The Kier molecular flexibility index (Phi) is 7.33. The van der Waals surface area contributed by atoms with Gasteiger partial charge in [0.1, 0.15) is 0 Å². The van der Waals surface area contributed by atoms with E-state index in [9.17, 15) is 0 Å². The van der Waals surface area contributed by atoms with E-state index in [1.54, 1.807) is 0 Å². The van der Waals surface area contributed by atoms with Crippen LogP contribution in [0.5, 0.6) is 0 Å². The second-order valence-electron chi connectivity index (χ2n) is 6.98. The summed E-state index contributed by atoms with van der Waals surface area (Å²) in [6.07, 6.45) is 3.79. The van der Waals surface area contributed by atoms with Gasteiger partial charge in [-0.05, 0) is 37.6 Å². The van der Waals surface area contributed by atoms with Crippen molar-refractivity contribution in [3.8, 4) is 0 Å². The minimum Gasteiger partial charge on any atom is -0.381 e. The van der Waals surface area contributed by atoms with Crippen LogP contribution in [0.3, 0.4) is 0 Å². The lowest BCUT2D eigenvalue weighted by Crippen LogP contribution is -2.44. The largest absolute Gasteiger partial charge is 0.381 e. The molecule has 1 N–H and O–H groups in total. The molecule has 0 bridgehead atoms. The van der Waals surface area contributed by atoms with Crippen molar-refractivity contribution in [3.63, 3.8) is 0 Å². The zero-order chi connectivity index (χ0) is 14.3. The van der Waals surface area contributed by atoms with Crippen LogP contribution >= 0.6 is 0 Å². The number of hydrogen-bond acceptors (Lipinski definition) is 3. The van der Waals surface area contributed by atoms with Crippen LogP contribution in [0.1, 0.15) is 47.0 Å². The van der Waals surface area contributed by atoms with E-state index in [0.717, 1.165) is 25.7 Å². The van der Waals surface area contributed by atoms with Crippen molar-refractivity contribution >= 4 is 0 Å². The third-order valence-electron chi connectivity index (χ3n) is 4.27. The van der Waals surface area contributed by atoms with Gasteiger partial charge in [-0.1, -0.05) is 27.7 Å². The van der Waals surface area contributed by atoms with Crippen molar-refractivity contribution in [2.45, 2.75) is 53.0 Å². The van der Waals surface area contributed by atoms with E-state index < -0.39 is 0 Å². The molecule has 0 aliphatic carbocycles. The van der Waals surface area contributed by atoms with Gasteiger partial charge in [0.2, 0.25) is 0 Å². The number of rotatable bonds is 8. The topological polar surface area (TPSA) is 24.5 Å². The summed E-state index contributed by atoms with van der Waals surface area (Å²) in [7, 11) is 2.26. The van der Waals surface area contributed by atoms with Crippen molar-refractivity contribution in [2.24, 2.45) is 11.3 Å². The molecule has 2 unspecified atom stereocenters. The second-order valence-corrected chi connectivity index (χ2v) is 6.98. The Bertz CT molecular complexity index is 239. The Morgan fingerprint density at radius 3 is 2.68 bits per heavy atom. The smallest absolute Gasteiger partial charge is 0.0506 e. The van der Waals surface area contributed by atoms with Gasteiger partial charge < -0.3 is 15.0 Å². The number of nitrogens with zero attached hydrogens (tertiary/aromatic N) is 1. The summed E-state index contributed by atoms with van der Waals surface area (Å²) >= 11 is 0. The first-order chi connectivity index (χ1) is 8.95. The molecule has 114 valence electrons. The monoisotopic (exact) mass is 270 g/mol. The van der Waals surface area contributed by atoms with Gasteiger partial charge in [-0.2, -0.15) is 0 Å². The van der Waals surface area contributed by atoms with Gasteiger partial charge in [0.15, 0.2) is 0 Å². The average Bonchev–Trinajstić information content (AvgIpc) is 2.37. The lowest BCUT2D eigenvalue weighted by molar-refractivity contribution is 0.0360. The highest BCUT2D eigenvalue weighted by atomic mass is 16.5. The van der Waals surface area contributed by atoms with Crippen LogP contribution in [0.25, 0.3) is 0 Å². The molecule has 0 aromatic rings. The molecule has 3 heteroatoms. The SMILES string of the molecule is CCC(C)(CNC(C)C)CN(C)CC1CCCOC1. The van der Waals surface area contributed by atoms with Crippen molar-refractivity contribution in [3.05, 3.63) is 0 Å². The first kappa shape index (κ1) is 16.9. The molecule has 1 saturated heterocycles. The minimum atomic E-state index is 0.370. The van der Waals surface area contributed by atoms with E-state index in [0.29, 0.717) is 11.5 Å². The maximum absolute atomic E-state index is 5.58. The summed E-state index contributed by atoms with van der Waals surface area (Å²) in [6.45, 7) is 14.5. The van der Waals surface area contributed by atoms with Crippen LogP contribution in [-0.4, -0.2) is 50.8 Å². The molecule has 1 aliphatic rings. The molecule has 1 aliphatic heterocycles. The first-order valence-corrected chi connectivity index (χ1v) is 7.95. The van der Waals surface area contributed by atoms with Crippen LogP contribution in [0.4, 0.5) is 0 Å². The molecule has 0 spiro atoms. The number of nitrogens with one attached hydrogen (secondary N) is 1. The van der Waals surface area contributed by atoms with Gasteiger partial charge in [0.05, 0.1) is 6.61 Å². The quantitative estimate of drug-likeness (QED) is 0.734. The molecular formula is C16H34N2O. The lowest BCUT2D eigenvalue weighted by Gasteiger charge is -2.36. The molecule has 1 rings (SSSR count). The molecule has 0 aromatic heterocycles. The van der Waals surface area contributed by atoms with Gasteiger partial charge in [-0.25, -0.2) is 0 Å². The van der Waals surface area contributed by atoms with E-state index in [1.807, 2.05) is 0 Å². The third-order valence-corrected chi connectivity index (χ3v) is 4.27. The molecule has 19 heavy (non-hydrogen) atoms. The maximum Gasteiger partial charge on any atom is 0.0506 e. The molecule has 0 aromatic carbocycles. The van der Waals surface area contributed by atoms with Gasteiger partial charge in [0.25, 0.3) is 0 Å². The van der Waals surface area contributed by atoms with E-state index in [-0.39, 0.29) is 0 Å². The Balaban J connectivity index is 2.35. The minimum absolute atomic E-state index is 0.370. The van der Waals surface area contributed by atoms with Crippen LogP contribution in [0.15, 0.2) is 0 Å². The molecule has 0 amide bonds. The molecule has 0 radical (unpaired) electrons. The molecule has 0 saturated carbocycles. The highest BCUT2D eigenvalue weighted by molar-refractivity contribution is 4.80. The zero-order valence-corrected chi connectivity index (χ0v) is 13.7. The van der Waals surface area contributed by atoms with E-state index >= 15 is 0 Å². The number of ether oxygens (including phenoxy) is 1. The third kappa shape index (κ3) is 6.73. The normalized spacial score (nSPS) is 23.8. The summed E-state index contributed by atoms with van der Waals surface area (Å²) < 4.78 is 5.58. The molecule has 1 heterocycles. The van der Waals surface area contributed by atoms with Gasteiger partial charge in [-0.3, -0.25) is 0 Å².